The number of benzene rings is 1. The highest BCUT2D eigenvalue weighted by Gasteiger charge is 2.54. The minimum atomic E-state index is -0.256. The van der Waals surface area contributed by atoms with Crippen molar-refractivity contribution in [3.63, 3.8) is 0 Å². The van der Waals surface area contributed by atoms with Crippen molar-refractivity contribution >= 4 is 16.8 Å². The number of amides is 1. The van der Waals surface area contributed by atoms with Gasteiger partial charge in [-0.3, -0.25) is 9.78 Å². The van der Waals surface area contributed by atoms with Crippen LogP contribution in [0.2, 0.25) is 0 Å². The Balaban J connectivity index is 1.54. The fourth-order valence-corrected chi connectivity index (χ4v) is 4.40. The molecule has 4 rings (SSSR count). The van der Waals surface area contributed by atoms with E-state index in [0.717, 1.165) is 42.6 Å². The van der Waals surface area contributed by atoms with E-state index in [2.05, 4.69) is 34.4 Å². The molecule has 0 aliphatic carbocycles. The number of nitrogens with zero attached hydrogens (tertiary/aromatic N) is 3. The highest BCUT2D eigenvalue weighted by Crippen LogP contribution is 2.40. The first-order valence-corrected chi connectivity index (χ1v) is 8.57. The zero-order valence-electron chi connectivity index (χ0n) is 14.3. The largest absolute Gasteiger partial charge is 0.341 e. The van der Waals surface area contributed by atoms with E-state index in [0.29, 0.717) is 12.5 Å². The summed E-state index contributed by atoms with van der Waals surface area (Å²) in [5.41, 5.74) is 1.81. The average Bonchev–Trinajstić information content (AvgIpc) is 3.10. The molecular weight excluding hydrogens is 300 g/mol. The molecule has 2 aliphatic heterocycles. The molecular formula is C19H24N4O. The summed E-state index contributed by atoms with van der Waals surface area (Å²) >= 11 is 0. The van der Waals surface area contributed by atoms with Crippen molar-refractivity contribution in [2.75, 3.05) is 40.3 Å². The first-order chi connectivity index (χ1) is 11.6. The molecule has 5 heteroatoms. The van der Waals surface area contributed by atoms with Crippen molar-refractivity contribution in [1.82, 2.24) is 20.1 Å². The first kappa shape index (κ1) is 15.5. The molecule has 2 aromatic rings. The van der Waals surface area contributed by atoms with Crippen molar-refractivity contribution in [3.05, 3.63) is 42.1 Å². The van der Waals surface area contributed by atoms with Gasteiger partial charge in [0, 0.05) is 57.3 Å². The maximum absolute atomic E-state index is 13.2. The van der Waals surface area contributed by atoms with Crippen molar-refractivity contribution in [2.45, 2.75) is 6.54 Å². The van der Waals surface area contributed by atoms with Gasteiger partial charge in [0.15, 0.2) is 0 Å². The van der Waals surface area contributed by atoms with Crippen LogP contribution in [0, 0.1) is 11.3 Å². The number of hydrogen-bond acceptors (Lipinski definition) is 4. The fourth-order valence-electron chi connectivity index (χ4n) is 4.40. The molecule has 2 saturated heterocycles. The molecule has 0 saturated carbocycles. The van der Waals surface area contributed by atoms with Crippen molar-refractivity contribution in [3.8, 4) is 0 Å². The minimum Gasteiger partial charge on any atom is -0.341 e. The van der Waals surface area contributed by atoms with E-state index < -0.39 is 0 Å². The van der Waals surface area contributed by atoms with Gasteiger partial charge in [-0.1, -0.05) is 18.2 Å². The molecule has 24 heavy (non-hydrogen) atoms. The Morgan fingerprint density at radius 3 is 3.17 bits per heavy atom. The van der Waals surface area contributed by atoms with E-state index in [4.69, 9.17) is 0 Å². The zero-order chi connectivity index (χ0) is 16.7. The Hall–Kier alpha value is -1.98. The van der Waals surface area contributed by atoms with E-state index in [1.54, 1.807) is 0 Å². The highest BCUT2D eigenvalue weighted by molar-refractivity contribution is 5.84. The molecule has 0 unspecified atom stereocenters. The topological polar surface area (TPSA) is 48.5 Å². The summed E-state index contributed by atoms with van der Waals surface area (Å²) in [7, 11) is 4.03. The number of rotatable bonds is 3. The smallest absolute Gasteiger partial charge is 0.231 e. The van der Waals surface area contributed by atoms with Gasteiger partial charge < -0.3 is 15.1 Å². The molecule has 1 N–H and O–H groups in total. The third-order valence-corrected chi connectivity index (χ3v) is 5.54. The number of nitrogens with one attached hydrogen (secondary N) is 1. The van der Waals surface area contributed by atoms with Crippen LogP contribution in [-0.4, -0.2) is 61.0 Å². The molecule has 1 aromatic carbocycles. The molecule has 2 atom stereocenters. The summed E-state index contributed by atoms with van der Waals surface area (Å²) in [6.45, 7) is 4.20. The Morgan fingerprint density at radius 1 is 1.46 bits per heavy atom. The number of hydrogen-bond donors (Lipinski definition) is 1. The number of fused-ring (bicyclic) bond motifs is 2. The lowest BCUT2D eigenvalue weighted by atomic mass is 9.79. The Bertz CT molecular complexity index is 777. The van der Waals surface area contributed by atoms with Gasteiger partial charge in [-0.15, -0.1) is 0 Å². The van der Waals surface area contributed by atoms with Crippen LogP contribution in [0.3, 0.4) is 0 Å². The monoisotopic (exact) mass is 324 g/mol. The van der Waals surface area contributed by atoms with Crippen LogP contribution in [0.25, 0.3) is 10.9 Å². The fraction of sp³-hybridized carbons (Fsp3) is 0.474. The maximum atomic E-state index is 13.2. The van der Waals surface area contributed by atoms with Gasteiger partial charge in [-0.25, -0.2) is 0 Å². The quantitative estimate of drug-likeness (QED) is 0.926. The van der Waals surface area contributed by atoms with Gasteiger partial charge in [0.05, 0.1) is 10.9 Å². The average molecular weight is 324 g/mol. The highest BCUT2D eigenvalue weighted by atomic mass is 16.2. The van der Waals surface area contributed by atoms with Crippen molar-refractivity contribution < 1.29 is 4.79 Å². The summed E-state index contributed by atoms with van der Waals surface area (Å²) in [5, 5.41) is 4.54. The number of para-hydroxylation sites is 1. The van der Waals surface area contributed by atoms with Crippen LogP contribution in [0.1, 0.15) is 5.56 Å². The number of pyridine rings is 1. The van der Waals surface area contributed by atoms with Crippen LogP contribution >= 0.6 is 0 Å². The summed E-state index contributed by atoms with van der Waals surface area (Å²) in [5.74, 6) is 0.683. The predicted molar refractivity (Wildman–Crippen MR) is 94.5 cm³/mol. The molecule has 2 aliphatic rings. The van der Waals surface area contributed by atoms with E-state index in [1.165, 1.54) is 0 Å². The van der Waals surface area contributed by atoms with E-state index in [1.807, 2.05) is 36.3 Å². The van der Waals surface area contributed by atoms with Gasteiger partial charge in [-0.2, -0.15) is 0 Å². The van der Waals surface area contributed by atoms with Gasteiger partial charge >= 0.3 is 0 Å². The molecule has 3 heterocycles. The number of aromatic nitrogens is 1. The van der Waals surface area contributed by atoms with Crippen LogP contribution in [0.4, 0.5) is 0 Å². The lowest BCUT2D eigenvalue weighted by Crippen LogP contribution is -2.47. The van der Waals surface area contributed by atoms with E-state index in [-0.39, 0.29) is 11.3 Å². The van der Waals surface area contributed by atoms with Crippen LogP contribution in [0.5, 0.6) is 0 Å². The first-order valence-electron chi connectivity index (χ1n) is 8.57. The van der Waals surface area contributed by atoms with Crippen molar-refractivity contribution in [2.24, 2.45) is 11.3 Å². The van der Waals surface area contributed by atoms with Gasteiger partial charge in [0.1, 0.15) is 0 Å². The lowest BCUT2D eigenvalue weighted by Gasteiger charge is -2.31. The molecule has 1 amide bonds. The molecule has 5 nitrogen and oxygen atoms in total. The number of carbonyl (C=O) groups excluding carboxylic acids is 1. The third kappa shape index (κ3) is 2.48. The van der Waals surface area contributed by atoms with Gasteiger partial charge in [-0.05, 0) is 24.7 Å². The Kier molecular flexibility index (Phi) is 3.77. The molecule has 2 fully saturated rings. The summed E-state index contributed by atoms with van der Waals surface area (Å²) in [6.07, 6.45) is 1.88. The predicted octanol–water partition coefficient (Wildman–Crippen LogP) is 1.34. The molecule has 1 aromatic heterocycles. The number of likely N-dealkylation sites (tertiary alicyclic amines) is 1. The second-order valence-corrected chi connectivity index (χ2v) is 7.38. The van der Waals surface area contributed by atoms with Crippen LogP contribution < -0.4 is 5.32 Å². The second-order valence-electron chi connectivity index (χ2n) is 7.38. The lowest BCUT2D eigenvalue weighted by molar-refractivity contribution is -0.141. The summed E-state index contributed by atoms with van der Waals surface area (Å²) in [6, 6.07) is 10.2. The van der Waals surface area contributed by atoms with E-state index in [9.17, 15) is 4.79 Å². The van der Waals surface area contributed by atoms with E-state index >= 15 is 0 Å². The Morgan fingerprint density at radius 2 is 2.29 bits per heavy atom. The molecule has 126 valence electrons. The van der Waals surface area contributed by atoms with Crippen LogP contribution in [0.15, 0.2) is 36.5 Å². The third-order valence-electron chi connectivity index (χ3n) is 5.54. The molecule has 0 radical (unpaired) electrons. The minimum absolute atomic E-state index is 0.256. The maximum Gasteiger partial charge on any atom is 0.231 e. The zero-order valence-corrected chi connectivity index (χ0v) is 14.3. The molecule has 0 bridgehead atoms. The molecule has 0 spiro atoms. The standard InChI is InChI=1S/C19H24N4O/c1-22-11-16-9-20-12-19(16,13-22)18(24)23(2)10-14-7-15-5-3-4-6-17(15)21-8-14/h3-8,16,20H,9-13H2,1-2H3/t16-,19-/m0/s1. The number of carbonyl (C=O) groups is 1. The van der Waals surface area contributed by atoms with Crippen LogP contribution in [-0.2, 0) is 11.3 Å². The summed E-state index contributed by atoms with van der Waals surface area (Å²) in [4.78, 5) is 21.9. The Labute approximate surface area is 142 Å². The second kappa shape index (κ2) is 5.83. The van der Waals surface area contributed by atoms with Gasteiger partial charge in [0.25, 0.3) is 0 Å². The van der Waals surface area contributed by atoms with Gasteiger partial charge in [0.2, 0.25) is 5.91 Å². The SMILES string of the molecule is CN1C[C@@H]2CNC[C@]2(C(=O)N(C)Cc2cnc3ccccc3c2)C1. The van der Waals surface area contributed by atoms with Crippen molar-refractivity contribution in [1.29, 1.82) is 0 Å². The summed E-state index contributed by atoms with van der Waals surface area (Å²) < 4.78 is 0. The normalized spacial score (nSPS) is 26.7.